The van der Waals surface area contributed by atoms with Crippen LogP contribution in [0.2, 0.25) is 0 Å². The standard InChI is InChI=1S/C17H19N5O4S/c18-17(24)16-15-12(8-14(21-16)27(19,25)26)11-7-9(1-2-13(11)20-15)22-5-3-10(23)4-6-22/h1-2,7-8,10,20,23H,3-6H2,(H2,18,24)(H2,19,25,26). The van der Waals surface area contributed by atoms with Gasteiger partial charge >= 0.3 is 0 Å². The van der Waals surface area contributed by atoms with Crippen molar-refractivity contribution >= 4 is 43.4 Å². The Bertz CT molecular complexity index is 1160. The number of aliphatic hydroxyl groups excluding tert-OH is 1. The number of amides is 1. The van der Waals surface area contributed by atoms with Gasteiger partial charge in [-0.25, -0.2) is 18.5 Å². The van der Waals surface area contributed by atoms with Gasteiger partial charge in [0.25, 0.3) is 15.9 Å². The molecule has 0 spiro atoms. The zero-order valence-corrected chi connectivity index (χ0v) is 15.2. The van der Waals surface area contributed by atoms with Gasteiger partial charge in [0.2, 0.25) is 0 Å². The van der Waals surface area contributed by atoms with Gasteiger partial charge in [-0.3, -0.25) is 4.79 Å². The Balaban J connectivity index is 1.93. The van der Waals surface area contributed by atoms with E-state index < -0.39 is 21.0 Å². The molecule has 3 aromatic rings. The third-order valence-electron chi connectivity index (χ3n) is 4.90. The highest BCUT2D eigenvalue weighted by Crippen LogP contribution is 2.32. The average Bonchev–Trinajstić information content (AvgIpc) is 2.98. The van der Waals surface area contributed by atoms with Crippen molar-refractivity contribution in [3.05, 3.63) is 30.0 Å². The van der Waals surface area contributed by atoms with Crippen LogP contribution in [0.1, 0.15) is 23.3 Å². The van der Waals surface area contributed by atoms with E-state index >= 15 is 0 Å². The molecule has 0 radical (unpaired) electrons. The SMILES string of the molecule is NC(=O)c1nc(S(N)(=O)=O)cc2c1[nH]c1ccc(N3CCC(O)CC3)cc12. The quantitative estimate of drug-likeness (QED) is 0.509. The maximum atomic E-state index is 11.8. The number of piperidine rings is 1. The molecule has 1 aromatic carbocycles. The van der Waals surface area contributed by atoms with Crippen LogP contribution >= 0.6 is 0 Å². The summed E-state index contributed by atoms with van der Waals surface area (Å²) in [6, 6.07) is 7.06. The summed E-state index contributed by atoms with van der Waals surface area (Å²) in [6.07, 6.45) is 1.11. The van der Waals surface area contributed by atoms with Crippen LogP contribution in [-0.2, 0) is 10.0 Å². The van der Waals surface area contributed by atoms with Gasteiger partial charge in [0, 0.05) is 35.1 Å². The molecule has 9 nitrogen and oxygen atoms in total. The first-order valence-electron chi connectivity index (χ1n) is 8.46. The highest BCUT2D eigenvalue weighted by Gasteiger charge is 2.22. The van der Waals surface area contributed by atoms with Gasteiger partial charge in [-0.2, -0.15) is 0 Å². The number of primary amides is 1. The number of H-pyrrole nitrogens is 1. The van der Waals surface area contributed by atoms with Crippen molar-refractivity contribution in [3.63, 3.8) is 0 Å². The Kier molecular flexibility index (Phi) is 4.06. The molecule has 1 amide bonds. The first-order valence-corrected chi connectivity index (χ1v) is 10.0. The van der Waals surface area contributed by atoms with Gasteiger partial charge in [0.05, 0.1) is 11.6 Å². The van der Waals surface area contributed by atoms with Crippen LogP contribution in [0.4, 0.5) is 5.69 Å². The number of benzene rings is 1. The highest BCUT2D eigenvalue weighted by molar-refractivity contribution is 7.89. The first-order chi connectivity index (χ1) is 12.7. The third-order valence-corrected chi connectivity index (χ3v) is 5.70. The molecule has 1 aliphatic rings. The first kappa shape index (κ1) is 17.7. The number of anilines is 1. The molecule has 10 heteroatoms. The fourth-order valence-corrected chi connectivity index (χ4v) is 4.00. The van der Waals surface area contributed by atoms with Crippen LogP contribution in [0, 0.1) is 0 Å². The van der Waals surface area contributed by atoms with E-state index in [-0.39, 0.29) is 11.8 Å². The van der Waals surface area contributed by atoms with E-state index in [4.69, 9.17) is 10.9 Å². The van der Waals surface area contributed by atoms with Gasteiger partial charge in [-0.15, -0.1) is 0 Å². The summed E-state index contributed by atoms with van der Waals surface area (Å²) in [5, 5.41) is 15.7. The van der Waals surface area contributed by atoms with Crippen LogP contribution in [0.15, 0.2) is 29.3 Å². The second-order valence-electron chi connectivity index (χ2n) is 6.71. The van der Waals surface area contributed by atoms with Crippen LogP contribution in [0.3, 0.4) is 0 Å². The Morgan fingerprint density at radius 1 is 1.22 bits per heavy atom. The summed E-state index contributed by atoms with van der Waals surface area (Å²) < 4.78 is 23.6. The molecule has 0 atom stereocenters. The van der Waals surface area contributed by atoms with E-state index in [9.17, 15) is 18.3 Å². The number of hydrogen-bond donors (Lipinski definition) is 4. The van der Waals surface area contributed by atoms with Gasteiger partial charge in [0.15, 0.2) is 10.7 Å². The Hall–Kier alpha value is -2.69. The van der Waals surface area contributed by atoms with Gasteiger partial charge in [-0.05, 0) is 37.1 Å². The maximum Gasteiger partial charge on any atom is 0.269 e. The molecule has 3 heterocycles. The van der Waals surface area contributed by atoms with Crippen LogP contribution in [-0.4, -0.2) is 48.6 Å². The highest BCUT2D eigenvalue weighted by atomic mass is 32.2. The molecule has 4 rings (SSSR count). The fraction of sp³-hybridized carbons (Fsp3) is 0.294. The largest absolute Gasteiger partial charge is 0.393 e. The van der Waals surface area contributed by atoms with Crippen LogP contribution < -0.4 is 15.8 Å². The predicted molar refractivity (Wildman–Crippen MR) is 101 cm³/mol. The summed E-state index contributed by atoms with van der Waals surface area (Å²) in [5.74, 6) is -0.845. The van der Waals surface area contributed by atoms with E-state index in [1.165, 1.54) is 6.07 Å². The summed E-state index contributed by atoms with van der Waals surface area (Å²) in [4.78, 5) is 20.9. The molecule has 1 aliphatic heterocycles. The molecule has 0 unspecified atom stereocenters. The molecule has 0 saturated carbocycles. The molecular formula is C17H19N5O4S. The number of aromatic amines is 1. The number of aromatic nitrogens is 2. The van der Waals surface area contributed by atoms with Crippen molar-refractivity contribution in [1.29, 1.82) is 0 Å². The molecule has 2 aromatic heterocycles. The number of nitrogens with two attached hydrogens (primary N) is 2. The summed E-state index contributed by atoms with van der Waals surface area (Å²) in [6.45, 7) is 1.46. The van der Waals surface area contributed by atoms with Gasteiger partial charge < -0.3 is 20.7 Å². The molecule has 0 aliphatic carbocycles. The molecule has 6 N–H and O–H groups in total. The normalized spacial score (nSPS) is 16.3. The van der Waals surface area contributed by atoms with E-state index in [0.29, 0.717) is 23.7 Å². The minimum atomic E-state index is -4.10. The number of nitrogens with one attached hydrogen (secondary N) is 1. The topological polar surface area (TPSA) is 155 Å². The lowest BCUT2D eigenvalue weighted by Crippen LogP contribution is -2.35. The second kappa shape index (κ2) is 6.19. The maximum absolute atomic E-state index is 11.8. The number of fused-ring (bicyclic) bond motifs is 3. The minimum Gasteiger partial charge on any atom is -0.393 e. The number of pyridine rings is 1. The summed E-state index contributed by atoms with van der Waals surface area (Å²) in [7, 11) is -4.10. The van der Waals surface area contributed by atoms with Gasteiger partial charge in [0.1, 0.15) is 0 Å². The number of carbonyl (C=O) groups excluding carboxylic acids is 1. The van der Waals surface area contributed by atoms with Crippen molar-refractivity contribution in [1.82, 2.24) is 9.97 Å². The van der Waals surface area contributed by atoms with E-state index in [1.807, 2.05) is 18.2 Å². The lowest BCUT2D eigenvalue weighted by Gasteiger charge is -2.31. The fourth-order valence-electron chi connectivity index (χ4n) is 3.50. The number of primary sulfonamides is 1. The van der Waals surface area contributed by atoms with E-state index in [2.05, 4.69) is 14.9 Å². The van der Waals surface area contributed by atoms with E-state index in [1.54, 1.807) is 0 Å². The smallest absolute Gasteiger partial charge is 0.269 e. The Morgan fingerprint density at radius 2 is 1.93 bits per heavy atom. The number of carbonyl (C=O) groups is 1. The number of aliphatic hydroxyl groups is 1. The predicted octanol–water partition coefficient (Wildman–Crippen LogP) is 0.424. The van der Waals surface area contributed by atoms with Crippen LogP contribution in [0.25, 0.3) is 21.8 Å². The van der Waals surface area contributed by atoms with Crippen molar-refractivity contribution in [3.8, 4) is 0 Å². The lowest BCUT2D eigenvalue weighted by molar-refractivity contribution is 0.0996. The molecule has 0 bridgehead atoms. The third kappa shape index (κ3) is 3.11. The molecule has 1 saturated heterocycles. The Labute approximate surface area is 155 Å². The number of rotatable bonds is 3. The molecular weight excluding hydrogens is 370 g/mol. The van der Waals surface area contributed by atoms with Crippen molar-refractivity contribution in [2.24, 2.45) is 10.9 Å². The molecule has 1 fully saturated rings. The zero-order chi connectivity index (χ0) is 19.3. The lowest BCUT2D eigenvalue weighted by atomic mass is 10.1. The molecule has 27 heavy (non-hydrogen) atoms. The monoisotopic (exact) mass is 389 g/mol. The summed E-state index contributed by atoms with van der Waals surface area (Å²) >= 11 is 0. The van der Waals surface area contributed by atoms with Crippen LogP contribution in [0.5, 0.6) is 0 Å². The second-order valence-corrected chi connectivity index (χ2v) is 8.22. The Morgan fingerprint density at radius 3 is 2.56 bits per heavy atom. The van der Waals surface area contributed by atoms with Gasteiger partial charge in [-0.1, -0.05) is 0 Å². The van der Waals surface area contributed by atoms with Crippen molar-refractivity contribution < 1.29 is 18.3 Å². The van der Waals surface area contributed by atoms with Crippen molar-refractivity contribution in [2.45, 2.75) is 24.0 Å². The number of nitrogens with zero attached hydrogens (tertiary/aromatic N) is 2. The number of hydrogen-bond acceptors (Lipinski definition) is 6. The number of sulfonamides is 1. The van der Waals surface area contributed by atoms with E-state index in [0.717, 1.165) is 29.7 Å². The zero-order valence-electron chi connectivity index (χ0n) is 14.3. The summed E-state index contributed by atoms with van der Waals surface area (Å²) in [5.41, 5.74) is 7.26. The molecule has 142 valence electrons. The average molecular weight is 389 g/mol. The van der Waals surface area contributed by atoms with Crippen molar-refractivity contribution in [2.75, 3.05) is 18.0 Å². The minimum absolute atomic E-state index is 0.171.